The molecule has 4 nitrogen and oxygen atoms in total. The Balaban J connectivity index is 2.05. The molecule has 0 heterocycles. The van der Waals surface area contributed by atoms with Crippen LogP contribution in [0.2, 0.25) is 5.02 Å². The largest absolute Gasteiger partial charge is 0.479 e. The topological polar surface area (TPSA) is 55.4 Å². The number of halogens is 2. The zero-order valence-corrected chi connectivity index (χ0v) is 13.4. The number of amides is 1. The zero-order valence-electron chi connectivity index (χ0n) is 12.6. The highest BCUT2D eigenvalue weighted by Crippen LogP contribution is 2.26. The number of anilines is 1. The maximum Gasteiger partial charge on any atom is 0.265 e. The van der Waals surface area contributed by atoms with Crippen LogP contribution < -0.4 is 10.1 Å². The Kier molecular flexibility index (Phi) is 5.34. The molecule has 0 aliphatic heterocycles. The summed E-state index contributed by atoms with van der Waals surface area (Å²) < 4.78 is 18.4. The molecule has 0 saturated heterocycles. The fourth-order valence-electron chi connectivity index (χ4n) is 1.87. The van der Waals surface area contributed by atoms with E-state index in [0.29, 0.717) is 11.3 Å². The first-order chi connectivity index (χ1) is 10.9. The second kappa shape index (κ2) is 7.24. The maximum atomic E-state index is 13.0. The van der Waals surface area contributed by atoms with E-state index in [4.69, 9.17) is 16.3 Å². The number of carbonyl (C=O) groups excluding carboxylic acids is 2. The lowest BCUT2D eigenvalue weighted by molar-refractivity contribution is -0.122. The molecule has 1 N–H and O–H groups in total. The summed E-state index contributed by atoms with van der Waals surface area (Å²) in [5, 5.41) is 2.74. The third-order valence-electron chi connectivity index (χ3n) is 3.10. The molecule has 0 spiro atoms. The van der Waals surface area contributed by atoms with Crippen molar-refractivity contribution in [3.8, 4) is 5.75 Å². The van der Waals surface area contributed by atoms with Gasteiger partial charge in [-0.25, -0.2) is 4.39 Å². The van der Waals surface area contributed by atoms with Crippen molar-refractivity contribution < 1.29 is 18.7 Å². The molecule has 0 unspecified atom stereocenters. The molecule has 2 rings (SSSR count). The van der Waals surface area contributed by atoms with Crippen molar-refractivity contribution in [1.82, 2.24) is 0 Å². The average Bonchev–Trinajstić information content (AvgIpc) is 2.50. The van der Waals surface area contributed by atoms with E-state index in [-0.39, 0.29) is 16.6 Å². The molecule has 0 aromatic heterocycles. The van der Waals surface area contributed by atoms with Crippen LogP contribution in [0.25, 0.3) is 0 Å². The van der Waals surface area contributed by atoms with E-state index in [0.717, 1.165) is 6.07 Å². The molecule has 120 valence electrons. The smallest absolute Gasteiger partial charge is 0.265 e. The SMILES string of the molecule is CC(=O)c1cccc(NC(=O)[C@H](C)Oc2ccc(F)cc2Cl)c1. The van der Waals surface area contributed by atoms with Crippen molar-refractivity contribution in [3.05, 3.63) is 58.9 Å². The van der Waals surface area contributed by atoms with Crippen molar-refractivity contribution >= 4 is 29.0 Å². The Morgan fingerprint density at radius 1 is 1.22 bits per heavy atom. The molecule has 0 radical (unpaired) electrons. The van der Waals surface area contributed by atoms with E-state index in [1.165, 1.54) is 19.1 Å². The fourth-order valence-corrected chi connectivity index (χ4v) is 2.09. The predicted molar refractivity (Wildman–Crippen MR) is 86.6 cm³/mol. The summed E-state index contributed by atoms with van der Waals surface area (Å²) in [5.74, 6) is -0.775. The van der Waals surface area contributed by atoms with Crippen LogP contribution in [-0.4, -0.2) is 17.8 Å². The van der Waals surface area contributed by atoms with Crippen molar-refractivity contribution in [2.75, 3.05) is 5.32 Å². The van der Waals surface area contributed by atoms with E-state index in [2.05, 4.69) is 5.32 Å². The summed E-state index contributed by atoms with van der Waals surface area (Å²) in [4.78, 5) is 23.5. The highest BCUT2D eigenvalue weighted by Gasteiger charge is 2.17. The van der Waals surface area contributed by atoms with Gasteiger partial charge in [-0.15, -0.1) is 0 Å². The highest BCUT2D eigenvalue weighted by molar-refractivity contribution is 6.32. The number of ether oxygens (including phenoxy) is 1. The molecule has 0 fully saturated rings. The normalized spacial score (nSPS) is 11.7. The number of ketones is 1. The van der Waals surface area contributed by atoms with Crippen LogP contribution in [0.4, 0.5) is 10.1 Å². The van der Waals surface area contributed by atoms with Gasteiger partial charge in [-0.2, -0.15) is 0 Å². The minimum Gasteiger partial charge on any atom is -0.479 e. The maximum absolute atomic E-state index is 13.0. The lowest BCUT2D eigenvalue weighted by atomic mass is 10.1. The Morgan fingerprint density at radius 2 is 1.96 bits per heavy atom. The summed E-state index contributed by atoms with van der Waals surface area (Å²) in [6.45, 7) is 2.99. The third-order valence-corrected chi connectivity index (χ3v) is 3.40. The number of nitrogens with one attached hydrogen (secondary N) is 1. The van der Waals surface area contributed by atoms with Gasteiger partial charge in [-0.1, -0.05) is 23.7 Å². The number of hydrogen-bond acceptors (Lipinski definition) is 3. The molecule has 0 bridgehead atoms. The summed E-state index contributed by atoms with van der Waals surface area (Å²) in [7, 11) is 0. The standard InChI is InChI=1S/C17H15ClFNO3/c1-10(21)12-4-3-5-14(8-12)20-17(22)11(2)23-16-7-6-13(19)9-15(16)18/h3-9,11H,1-2H3,(H,20,22)/t11-/m0/s1. The van der Waals surface area contributed by atoms with Gasteiger partial charge in [0.1, 0.15) is 11.6 Å². The first kappa shape index (κ1) is 17.0. The molecule has 23 heavy (non-hydrogen) atoms. The molecule has 6 heteroatoms. The van der Waals surface area contributed by atoms with Gasteiger partial charge in [0.2, 0.25) is 0 Å². The molecular formula is C17H15ClFNO3. The van der Waals surface area contributed by atoms with Crippen LogP contribution >= 0.6 is 11.6 Å². The van der Waals surface area contributed by atoms with Gasteiger partial charge in [0.15, 0.2) is 11.9 Å². The van der Waals surface area contributed by atoms with Gasteiger partial charge in [-0.05, 0) is 44.2 Å². The van der Waals surface area contributed by atoms with Gasteiger partial charge < -0.3 is 10.1 Å². The van der Waals surface area contributed by atoms with Crippen molar-refractivity contribution in [1.29, 1.82) is 0 Å². The number of rotatable bonds is 5. The first-order valence-electron chi connectivity index (χ1n) is 6.90. The first-order valence-corrected chi connectivity index (χ1v) is 7.28. The Morgan fingerprint density at radius 3 is 2.61 bits per heavy atom. The number of carbonyl (C=O) groups is 2. The Bertz CT molecular complexity index is 748. The summed E-state index contributed by atoms with van der Waals surface area (Å²) in [5.41, 5.74) is 0.987. The van der Waals surface area contributed by atoms with Gasteiger partial charge in [0.25, 0.3) is 5.91 Å². The average molecular weight is 336 g/mol. The van der Waals surface area contributed by atoms with E-state index in [9.17, 15) is 14.0 Å². The van der Waals surface area contributed by atoms with Crippen molar-refractivity contribution in [2.45, 2.75) is 20.0 Å². The molecule has 1 atom stereocenters. The molecule has 0 aliphatic rings. The molecular weight excluding hydrogens is 321 g/mol. The van der Waals surface area contributed by atoms with Crippen LogP contribution in [0, 0.1) is 5.82 Å². The Hall–Kier alpha value is -2.40. The van der Waals surface area contributed by atoms with Crippen LogP contribution in [0.15, 0.2) is 42.5 Å². The van der Waals surface area contributed by atoms with Crippen molar-refractivity contribution in [3.63, 3.8) is 0 Å². The summed E-state index contributed by atoms with van der Waals surface area (Å²) in [6, 6.07) is 10.3. The lowest BCUT2D eigenvalue weighted by Crippen LogP contribution is -2.30. The fraction of sp³-hybridized carbons (Fsp3) is 0.176. The van der Waals surface area contributed by atoms with Gasteiger partial charge in [0.05, 0.1) is 5.02 Å². The van der Waals surface area contributed by atoms with Crippen LogP contribution in [0.3, 0.4) is 0 Å². The number of hydrogen-bond donors (Lipinski definition) is 1. The number of benzene rings is 2. The second-order valence-corrected chi connectivity index (χ2v) is 5.37. The molecule has 2 aromatic carbocycles. The van der Waals surface area contributed by atoms with E-state index >= 15 is 0 Å². The quantitative estimate of drug-likeness (QED) is 0.837. The highest BCUT2D eigenvalue weighted by atomic mass is 35.5. The zero-order chi connectivity index (χ0) is 17.0. The third kappa shape index (κ3) is 4.53. The van der Waals surface area contributed by atoms with E-state index in [1.807, 2.05) is 0 Å². The van der Waals surface area contributed by atoms with Gasteiger partial charge in [0, 0.05) is 11.3 Å². The van der Waals surface area contributed by atoms with E-state index < -0.39 is 17.8 Å². The number of Topliss-reactive ketones (excluding diaryl/α,β-unsaturated/α-hetero) is 1. The summed E-state index contributed by atoms with van der Waals surface area (Å²) in [6.07, 6.45) is -0.848. The summed E-state index contributed by atoms with van der Waals surface area (Å²) >= 11 is 5.86. The molecule has 1 amide bonds. The molecule has 0 saturated carbocycles. The molecule has 0 aliphatic carbocycles. The molecule has 2 aromatic rings. The second-order valence-electron chi connectivity index (χ2n) is 4.96. The van der Waals surface area contributed by atoms with Crippen LogP contribution in [0.1, 0.15) is 24.2 Å². The van der Waals surface area contributed by atoms with Gasteiger partial charge in [-0.3, -0.25) is 9.59 Å². The van der Waals surface area contributed by atoms with Crippen LogP contribution in [-0.2, 0) is 4.79 Å². The monoisotopic (exact) mass is 335 g/mol. The van der Waals surface area contributed by atoms with E-state index in [1.54, 1.807) is 31.2 Å². The minimum atomic E-state index is -0.848. The predicted octanol–water partition coefficient (Wildman–Crippen LogP) is 4.09. The Labute approximate surface area is 138 Å². The van der Waals surface area contributed by atoms with Gasteiger partial charge >= 0.3 is 0 Å². The van der Waals surface area contributed by atoms with Crippen LogP contribution in [0.5, 0.6) is 5.75 Å². The van der Waals surface area contributed by atoms with Crippen molar-refractivity contribution in [2.24, 2.45) is 0 Å². The minimum absolute atomic E-state index is 0.0863. The lowest BCUT2D eigenvalue weighted by Gasteiger charge is -2.16.